The maximum atomic E-state index is 12.3. The molecule has 0 aromatic heterocycles. The van der Waals surface area contributed by atoms with Crippen molar-refractivity contribution in [2.45, 2.75) is 24.8 Å². The van der Waals surface area contributed by atoms with Gasteiger partial charge in [-0.05, 0) is 51.7 Å². The Labute approximate surface area is 133 Å². The maximum absolute atomic E-state index is 12.3. The van der Waals surface area contributed by atoms with Crippen molar-refractivity contribution in [3.05, 3.63) is 58.1 Å². The molecule has 2 aromatic carbocycles. The highest BCUT2D eigenvalue weighted by molar-refractivity contribution is 9.10. The average molecular weight is 369 g/mol. The minimum absolute atomic E-state index is 0.192. The lowest BCUT2D eigenvalue weighted by Crippen LogP contribution is -2.23. The van der Waals surface area contributed by atoms with Gasteiger partial charge in [0, 0.05) is 16.7 Å². The molecule has 0 bridgehead atoms. The Hall–Kier alpha value is -1.37. The first kappa shape index (κ1) is 16.0. The van der Waals surface area contributed by atoms with Crippen LogP contribution in [0, 0.1) is 0 Å². The zero-order chi connectivity index (χ0) is 15.5. The molecule has 2 rings (SSSR count). The number of nitrogens with one attached hydrogen (secondary N) is 1. The van der Waals surface area contributed by atoms with Gasteiger partial charge in [0.1, 0.15) is 0 Å². The number of nitrogen functional groups attached to an aromatic ring is 1. The van der Waals surface area contributed by atoms with Gasteiger partial charge in [0.15, 0.2) is 0 Å². The molecule has 2 aromatic rings. The second-order valence-electron chi connectivity index (χ2n) is 4.63. The number of aryl methyl sites for hydroxylation is 1. The summed E-state index contributed by atoms with van der Waals surface area (Å²) < 4.78 is 27.8. The van der Waals surface area contributed by atoms with E-state index in [1.165, 1.54) is 12.1 Å². The van der Waals surface area contributed by atoms with Gasteiger partial charge < -0.3 is 5.73 Å². The highest BCUT2D eigenvalue weighted by Crippen LogP contribution is 2.23. The van der Waals surface area contributed by atoms with Crippen LogP contribution in [0.1, 0.15) is 18.1 Å². The molecule has 0 aliphatic rings. The van der Waals surface area contributed by atoms with Crippen LogP contribution < -0.4 is 10.5 Å². The zero-order valence-corrected chi connectivity index (χ0v) is 14.0. The summed E-state index contributed by atoms with van der Waals surface area (Å²) in [5.41, 5.74) is 8.30. The number of sulfonamides is 1. The van der Waals surface area contributed by atoms with Crippen LogP contribution in [-0.4, -0.2) is 8.42 Å². The lowest BCUT2D eigenvalue weighted by molar-refractivity contribution is 0.581. The molecular weight excluding hydrogens is 352 g/mol. The van der Waals surface area contributed by atoms with E-state index in [4.69, 9.17) is 5.73 Å². The van der Waals surface area contributed by atoms with Gasteiger partial charge in [0.2, 0.25) is 10.0 Å². The first-order valence-corrected chi connectivity index (χ1v) is 8.83. The number of hydrogen-bond acceptors (Lipinski definition) is 3. The van der Waals surface area contributed by atoms with Crippen molar-refractivity contribution in [2.75, 3.05) is 5.73 Å². The SMILES string of the molecule is CCc1ccccc1CNS(=O)(=O)c1ccc(N)c(Br)c1. The third-order valence-corrected chi connectivity index (χ3v) is 5.32. The average Bonchev–Trinajstić information content (AvgIpc) is 2.48. The van der Waals surface area contributed by atoms with Crippen LogP contribution in [0.3, 0.4) is 0 Å². The molecule has 0 saturated heterocycles. The Morgan fingerprint density at radius 1 is 1.14 bits per heavy atom. The van der Waals surface area contributed by atoms with Gasteiger partial charge >= 0.3 is 0 Å². The Kier molecular flexibility index (Phi) is 5.03. The smallest absolute Gasteiger partial charge is 0.240 e. The summed E-state index contributed by atoms with van der Waals surface area (Å²) in [6, 6.07) is 12.4. The number of benzene rings is 2. The van der Waals surface area contributed by atoms with Gasteiger partial charge in [0.05, 0.1) is 4.90 Å². The lowest BCUT2D eigenvalue weighted by Gasteiger charge is -2.10. The molecule has 21 heavy (non-hydrogen) atoms. The molecule has 112 valence electrons. The normalized spacial score (nSPS) is 11.5. The predicted octanol–water partition coefficient (Wildman–Crippen LogP) is 3.07. The monoisotopic (exact) mass is 368 g/mol. The predicted molar refractivity (Wildman–Crippen MR) is 88.4 cm³/mol. The summed E-state index contributed by atoms with van der Waals surface area (Å²) in [7, 11) is -3.56. The Bertz CT molecular complexity index is 745. The second kappa shape index (κ2) is 6.60. The van der Waals surface area contributed by atoms with Crippen molar-refractivity contribution in [1.29, 1.82) is 0 Å². The third kappa shape index (κ3) is 3.84. The fourth-order valence-corrected chi connectivity index (χ4v) is 3.57. The van der Waals surface area contributed by atoms with Gasteiger partial charge in [0.25, 0.3) is 0 Å². The lowest BCUT2D eigenvalue weighted by atomic mass is 10.1. The zero-order valence-electron chi connectivity index (χ0n) is 11.6. The van der Waals surface area contributed by atoms with Gasteiger partial charge in [-0.1, -0.05) is 31.2 Å². The molecule has 0 atom stereocenters. The number of hydrogen-bond donors (Lipinski definition) is 2. The molecule has 0 radical (unpaired) electrons. The van der Waals surface area contributed by atoms with E-state index in [9.17, 15) is 8.42 Å². The van der Waals surface area contributed by atoms with E-state index in [1.807, 2.05) is 31.2 Å². The summed E-state index contributed by atoms with van der Waals surface area (Å²) >= 11 is 3.24. The van der Waals surface area contributed by atoms with E-state index in [0.29, 0.717) is 10.2 Å². The molecular formula is C15H17BrN2O2S. The summed E-state index contributed by atoms with van der Waals surface area (Å²) in [6.07, 6.45) is 0.866. The van der Waals surface area contributed by atoms with Crippen molar-refractivity contribution in [1.82, 2.24) is 4.72 Å². The van der Waals surface area contributed by atoms with Gasteiger partial charge in [-0.25, -0.2) is 13.1 Å². The maximum Gasteiger partial charge on any atom is 0.240 e. The number of anilines is 1. The Morgan fingerprint density at radius 2 is 1.81 bits per heavy atom. The Balaban J connectivity index is 2.20. The van der Waals surface area contributed by atoms with Crippen molar-refractivity contribution >= 4 is 31.6 Å². The van der Waals surface area contributed by atoms with Crippen molar-refractivity contribution in [3.8, 4) is 0 Å². The molecule has 0 aliphatic carbocycles. The van der Waals surface area contributed by atoms with E-state index in [2.05, 4.69) is 20.7 Å². The second-order valence-corrected chi connectivity index (χ2v) is 7.25. The largest absolute Gasteiger partial charge is 0.398 e. The first-order chi connectivity index (χ1) is 9.94. The van der Waals surface area contributed by atoms with E-state index < -0.39 is 10.0 Å². The molecule has 4 nitrogen and oxygen atoms in total. The summed E-state index contributed by atoms with van der Waals surface area (Å²) in [5.74, 6) is 0. The fourth-order valence-electron chi connectivity index (χ4n) is 2.01. The quantitative estimate of drug-likeness (QED) is 0.796. The van der Waals surface area contributed by atoms with Crippen LogP contribution in [0.15, 0.2) is 51.8 Å². The van der Waals surface area contributed by atoms with Crippen LogP contribution in [0.4, 0.5) is 5.69 Å². The van der Waals surface area contributed by atoms with Gasteiger partial charge in [-0.15, -0.1) is 0 Å². The number of rotatable bonds is 5. The molecule has 0 fully saturated rings. The molecule has 0 unspecified atom stereocenters. The number of nitrogens with two attached hydrogens (primary N) is 1. The fraction of sp³-hybridized carbons (Fsp3) is 0.200. The van der Waals surface area contributed by atoms with E-state index in [1.54, 1.807) is 6.07 Å². The Morgan fingerprint density at radius 3 is 2.43 bits per heavy atom. The van der Waals surface area contributed by atoms with Crippen molar-refractivity contribution in [3.63, 3.8) is 0 Å². The van der Waals surface area contributed by atoms with Gasteiger partial charge in [-0.2, -0.15) is 0 Å². The van der Waals surface area contributed by atoms with E-state index >= 15 is 0 Å². The third-order valence-electron chi connectivity index (χ3n) is 3.23. The minimum atomic E-state index is -3.56. The summed E-state index contributed by atoms with van der Waals surface area (Å²) in [4.78, 5) is 0.192. The van der Waals surface area contributed by atoms with Gasteiger partial charge in [-0.3, -0.25) is 0 Å². The van der Waals surface area contributed by atoms with Crippen LogP contribution >= 0.6 is 15.9 Å². The van der Waals surface area contributed by atoms with Crippen molar-refractivity contribution in [2.24, 2.45) is 0 Å². The molecule has 3 N–H and O–H groups in total. The van der Waals surface area contributed by atoms with Crippen LogP contribution in [0.2, 0.25) is 0 Å². The standard InChI is InChI=1S/C15H17BrN2O2S/c1-2-11-5-3-4-6-12(11)10-18-21(19,20)13-7-8-15(17)14(16)9-13/h3-9,18H,2,10,17H2,1H3. The van der Waals surface area contributed by atoms with Crippen LogP contribution in [0.25, 0.3) is 0 Å². The molecule has 6 heteroatoms. The number of halogens is 1. The molecule has 0 saturated carbocycles. The minimum Gasteiger partial charge on any atom is -0.398 e. The van der Waals surface area contributed by atoms with E-state index in [0.717, 1.165) is 17.5 Å². The van der Waals surface area contributed by atoms with Crippen LogP contribution in [-0.2, 0) is 23.0 Å². The molecule has 0 heterocycles. The van der Waals surface area contributed by atoms with Crippen LogP contribution in [0.5, 0.6) is 0 Å². The molecule has 0 amide bonds. The molecule has 0 spiro atoms. The highest BCUT2D eigenvalue weighted by Gasteiger charge is 2.15. The summed E-state index contributed by atoms with van der Waals surface area (Å²) in [6.45, 7) is 2.32. The van der Waals surface area contributed by atoms with Crippen molar-refractivity contribution < 1.29 is 8.42 Å². The van der Waals surface area contributed by atoms with E-state index in [-0.39, 0.29) is 11.4 Å². The topological polar surface area (TPSA) is 72.2 Å². The first-order valence-electron chi connectivity index (χ1n) is 6.55. The summed E-state index contributed by atoms with van der Waals surface area (Å²) in [5, 5.41) is 0. The molecule has 0 aliphatic heterocycles. The highest BCUT2D eigenvalue weighted by atomic mass is 79.9.